The number of aromatic nitrogens is 3. The Kier molecular flexibility index (Phi) is 7.33. The number of thiazole rings is 1. The summed E-state index contributed by atoms with van der Waals surface area (Å²) in [6, 6.07) is 26.1. The molecule has 5 rings (SSSR count). The molecule has 0 fully saturated rings. The van der Waals surface area contributed by atoms with Crippen molar-refractivity contribution < 1.29 is 9.25 Å². The summed E-state index contributed by atoms with van der Waals surface area (Å²) in [5.74, 6) is 0. The number of aliphatic imine (C=N–C) groups is 1. The molecule has 0 radical (unpaired) electrons. The predicted molar refractivity (Wildman–Crippen MR) is 152 cm³/mol. The van der Waals surface area contributed by atoms with Crippen LogP contribution < -0.4 is 9.25 Å². The van der Waals surface area contributed by atoms with Crippen molar-refractivity contribution in [2.45, 2.75) is 26.9 Å². The molecule has 180 valence electrons. The maximum atomic E-state index is 6.10. The third-order valence-electron chi connectivity index (χ3n) is 5.96. The zero-order valence-electron chi connectivity index (χ0n) is 20.1. The molecule has 3 aromatic carbocycles. The molecule has 0 amide bonds. The van der Waals surface area contributed by atoms with Gasteiger partial charge >= 0.3 is 5.13 Å². The summed E-state index contributed by atoms with van der Waals surface area (Å²) in [5, 5.41) is 2.40. The number of hydrogen-bond acceptors (Lipinski definition) is 2. The average molecular weight is 534 g/mol. The molecule has 0 aliphatic rings. The molecule has 0 aliphatic heterocycles. The molecule has 0 saturated carbocycles. The Morgan fingerprint density at radius 2 is 1.44 bits per heavy atom. The molecule has 4 nitrogen and oxygen atoms in total. The SMILES string of the molecule is CC[n+]1c(/N=C/c2ccc(Cl)cc2)sc2c1c(/C=C/c1ccc(Cl)cc1)[n+](CC)n2-c1ccccc1. The highest BCUT2D eigenvalue weighted by Crippen LogP contribution is 2.31. The van der Waals surface area contributed by atoms with Gasteiger partial charge in [0.25, 0.3) is 5.69 Å². The molecule has 36 heavy (non-hydrogen) atoms. The van der Waals surface area contributed by atoms with E-state index in [1.807, 2.05) is 60.8 Å². The van der Waals surface area contributed by atoms with Gasteiger partial charge in [-0.2, -0.15) is 0 Å². The average Bonchev–Trinajstić information content (AvgIpc) is 3.41. The second-order valence-electron chi connectivity index (χ2n) is 8.23. The Balaban J connectivity index is 1.71. The van der Waals surface area contributed by atoms with E-state index in [0.29, 0.717) is 0 Å². The minimum absolute atomic E-state index is 0.718. The number of rotatable bonds is 7. The van der Waals surface area contributed by atoms with Crippen LogP contribution in [0.3, 0.4) is 0 Å². The van der Waals surface area contributed by atoms with E-state index in [1.54, 1.807) is 11.3 Å². The number of benzene rings is 3. The summed E-state index contributed by atoms with van der Waals surface area (Å²) in [4.78, 5) is 6.05. The van der Waals surface area contributed by atoms with Crippen molar-refractivity contribution in [2.75, 3.05) is 0 Å². The van der Waals surface area contributed by atoms with Gasteiger partial charge in [-0.25, -0.2) is 4.57 Å². The largest absolute Gasteiger partial charge is 0.385 e. The molecule has 0 spiro atoms. The first-order valence-corrected chi connectivity index (χ1v) is 13.5. The van der Waals surface area contributed by atoms with E-state index in [2.05, 4.69) is 64.2 Å². The number of nitrogens with zero attached hydrogens (tertiary/aromatic N) is 4. The fraction of sp³-hybridized carbons (Fsp3) is 0.138. The maximum absolute atomic E-state index is 6.10. The lowest BCUT2D eigenvalue weighted by Crippen LogP contribution is -2.44. The van der Waals surface area contributed by atoms with Crippen LogP contribution in [-0.2, 0) is 13.1 Å². The Morgan fingerprint density at radius 3 is 2.06 bits per heavy atom. The van der Waals surface area contributed by atoms with Gasteiger partial charge in [0.2, 0.25) is 10.3 Å². The zero-order valence-corrected chi connectivity index (χ0v) is 22.4. The monoisotopic (exact) mass is 532 g/mol. The highest BCUT2D eigenvalue weighted by molar-refractivity contribution is 7.21. The molecule has 0 aliphatic carbocycles. The summed E-state index contributed by atoms with van der Waals surface area (Å²) in [5.41, 5.74) is 5.53. The van der Waals surface area contributed by atoms with Crippen molar-refractivity contribution in [3.8, 4) is 5.69 Å². The fourth-order valence-corrected chi connectivity index (χ4v) is 5.71. The van der Waals surface area contributed by atoms with E-state index in [0.717, 1.165) is 55.6 Å². The standard InChI is InChI=1S/C29H26Cl2N4S/c1-3-33-27-26(19-14-21-10-15-23(30)16-11-21)34(4-2)35(25-8-6-5-7-9-25)28(27)36-29(33)32-20-22-12-17-24(31)18-13-22/h5-20H,3-4H2,1-2H3/q+2/b19-14+. The predicted octanol–water partition coefficient (Wildman–Crippen LogP) is 7.53. The van der Waals surface area contributed by atoms with Crippen LogP contribution in [0.15, 0.2) is 83.9 Å². The van der Waals surface area contributed by atoms with E-state index in [4.69, 9.17) is 28.2 Å². The molecule has 0 bridgehead atoms. The molecule has 0 unspecified atom stereocenters. The quantitative estimate of drug-likeness (QED) is 0.153. The number of fused-ring (bicyclic) bond motifs is 1. The third-order valence-corrected chi connectivity index (χ3v) is 7.53. The van der Waals surface area contributed by atoms with E-state index in [1.165, 1.54) is 5.52 Å². The Hall–Kier alpha value is -3.25. The van der Waals surface area contributed by atoms with Crippen LogP contribution in [0.1, 0.15) is 30.7 Å². The van der Waals surface area contributed by atoms with Crippen LogP contribution in [0, 0.1) is 0 Å². The van der Waals surface area contributed by atoms with E-state index < -0.39 is 0 Å². The first kappa shape index (κ1) is 24.4. The molecule has 0 N–H and O–H groups in total. The molecular formula is C29H26Cl2N4S+2. The van der Waals surface area contributed by atoms with Gasteiger partial charge in [0, 0.05) is 21.7 Å². The Morgan fingerprint density at radius 1 is 0.806 bits per heavy atom. The summed E-state index contributed by atoms with van der Waals surface area (Å²) in [6.07, 6.45) is 6.23. The van der Waals surface area contributed by atoms with Gasteiger partial charge < -0.3 is 0 Å². The Bertz CT molecular complexity index is 1550. The first-order chi connectivity index (χ1) is 17.6. The maximum Gasteiger partial charge on any atom is 0.385 e. The van der Waals surface area contributed by atoms with Crippen LogP contribution >= 0.6 is 34.5 Å². The Labute approximate surface area is 225 Å². The number of hydrogen-bond donors (Lipinski definition) is 0. The lowest BCUT2D eigenvalue weighted by Gasteiger charge is -2.02. The second kappa shape index (κ2) is 10.8. The molecule has 0 atom stereocenters. The minimum Gasteiger partial charge on any atom is -0.206 e. The van der Waals surface area contributed by atoms with Gasteiger partial charge in [0.15, 0.2) is 6.54 Å². The molecule has 0 saturated heterocycles. The highest BCUT2D eigenvalue weighted by atomic mass is 35.5. The minimum atomic E-state index is 0.718. The third kappa shape index (κ3) is 4.87. The molecule has 2 aromatic heterocycles. The fourth-order valence-electron chi connectivity index (χ4n) is 4.25. The van der Waals surface area contributed by atoms with Crippen LogP contribution in [0.4, 0.5) is 5.13 Å². The first-order valence-electron chi connectivity index (χ1n) is 11.9. The lowest BCUT2D eigenvalue weighted by molar-refractivity contribution is -0.765. The molecule has 7 heteroatoms. The van der Waals surface area contributed by atoms with Crippen molar-refractivity contribution in [1.82, 2.24) is 4.68 Å². The van der Waals surface area contributed by atoms with Crippen LogP contribution in [0.25, 0.3) is 28.2 Å². The van der Waals surface area contributed by atoms with Crippen molar-refractivity contribution in [2.24, 2.45) is 4.99 Å². The summed E-state index contributed by atoms with van der Waals surface area (Å²) in [7, 11) is 0. The van der Waals surface area contributed by atoms with Crippen LogP contribution in [0.5, 0.6) is 0 Å². The van der Waals surface area contributed by atoms with Gasteiger partial charge in [-0.15, -0.1) is 4.68 Å². The zero-order chi connectivity index (χ0) is 25.1. The van der Waals surface area contributed by atoms with Crippen LogP contribution in [-0.4, -0.2) is 10.9 Å². The number of aryl methyl sites for hydroxylation is 1. The van der Waals surface area contributed by atoms with Crippen molar-refractivity contribution in [3.05, 3.63) is 106 Å². The van der Waals surface area contributed by atoms with E-state index >= 15 is 0 Å². The summed E-state index contributed by atoms with van der Waals surface area (Å²) in [6.45, 7) is 5.97. The summed E-state index contributed by atoms with van der Waals surface area (Å²) >= 11 is 13.8. The second-order valence-corrected chi connectivity index (χ2v) is 10.1. The number of para-hydroxylation sites is 1. The van der Waals surface area contributed by atoms with Gasteiger partial charge in [0.05, 0.1) is 6.54 Å². The van der Waals surface area contributed by atoms with Crippen LogP contribution in [0.2, 0.25) is 10.0 Å². The van der Waals surface area contributed by atoms with Crippen molar-refractivity contribution >= 4 is 68.4 Å². The van der Waals surface area contributed by atoms with Gasteiger partial charge in [0.1, 0.15) is 11.9 Å². The molecular weight excluding hydrogens is 507 g/mol. The highest BCUT2D eigenvalue weighted by Gasteiger charge is 2.33. The molecule has 2 heterocycles. The topological polar surface area (TPSA) is 25.0 Å². The smallest absolute Gasteiger partial charge is 0.206 e. The van der Waals surface area contributed by atoms with Crippen molar-refractivity contribution in [3.63, 3.8) is 0 Å². The normalized spacial score (nSPS) is 11.9. The van der Waals surface area contributed by atoms with Gasteiger partial charge in [-0.1, -0.05) is 58.2 Å². The molecule has 5 aromatic rings. The van der Waals surface area contributed by atoms with Gasteiger partial charge in [-0.3, -0.25) is 0 Å². The van der Waals surface area contributed by atoms with E-state index in [-0.39, 0.29) is 0 Å². The van der Waals surface area contributed by atoms with Crippen molar-refractivity contribution in [1.29, 1.82) is 0 Å². The lowest BCUT2D eigenvalue weighted by atomic mass is 10.2. The summed E-state index contributed by atoms with van der Waals surface area (Å²) < 4.78 is 6.91. The van der Waals surface area contributed by atoms with E-state index in [9.17, 15) is 0 Å². The van der Waals surface area contributed by atoms with Gasteiger partial charge in [-0.05, 0) is 90.3 Å². The number of halogens is 2.